The number of amides is 2. The summed E-state index contributed by atoms with van der Waals surface area (Å²) in [7, 11) is 0. The molecule has 0 fully saturated rings. The summed E-state index contributed by atoms with van der Waals surface area (Å²) in [4.78, 5) is 24.9. The topological polar surface area (TPSA) is 46.6 Å². The Balaban J connectivity index is 2.33. The molecule has 1 aliphatic rings. The Morgan fingerprint density at radius 2 is 2.06 bits per heavy atom. The summed E-state index contributed by atoms with van der Waals surface area (Å²) < 4.78 is 5.21. The molecule has 1 aromatic rings. The third-order valence-corrected chi connectivity index (χ3v) is 2.69. The maximum absolute atomic E-state index is 12.0. The molecule has 0 saturated heterocycles. The van der Waals surface area contributed by atoms with Crippen molar-refractivity contribution in [1.29, 1.82) is 0 Å². The second-order valence-corrected chi connectivity index (χ2v) is 5.60. The number of hydrogen-bond acceptors (Lipinski definition) is 3. The lowest BCUT2D eigenvalue weighted by Gasteiger charge is -2.23. The van der Waals surface area contributed by atoms with Crippen LogP contribution in [0.3, 0.4) is 0 Å². The highest BCUT2D eigenvalue weighted by Gasteiger charge is 2.35. The molecule has 2 rings (SSSR count). The molecule has 96 valence electrons. The van der Waals surface area contributed by atoms with Gasteiger partial charge in [0.15, 0.2) is 0 Å². The van der Waals surface area contributed by atoms with E-state index in [0.717, 1.165) is 10.5 Å². The summed E-state index contributed by atoms with van der Waals surface area (Å²) in [5, 5.41) is 0.483. The third-order valence-electron chi connectivity index (χ3n) is 2.46. The summed E-state index contributed by atoms with van der Waals surface area (Å²) in [5.74, 6) is -0.290. The molecule has 0 atom stereocenters. The van der Waals surface area contributed by atoms with E-state index in [4.69, 9.17) is 16.3 Å². The fourth-order valence-electron chi connectivity index (χ4n) is 1.78. The normalized spacial score (nSPS) is 14.7. The van der Waals surface area contributed by atoms with Gasteiger partial charge in [-0.05, 0) is 38.5 Å². The number of benzene rings is 1. The number of nitrogens with zero attached hydrogens (tertiary/aromatic N) is 1. The van der Waals surface area contributed by atoms with Gasteiger partial charge >= 0.3 is 6.09 Å². The first-order valence-electron chi connectivity index (χ1n) is 5.62. The average Bonchev–Trinajstić information content (AvgIpc) is 2.50. The first kappa shape index (κ1) is 12.9. The van der Waals surface area contributed by atoms with Gasteiger partial charge in [-0.2, -0.15) is 0 Å². The SMILES string of the molecule is CC(C)(C)OC(=O)N1C(=O)Cc2ccc(Cl)cc21. The van der Waals surface area contributed by atoms with Crippen LogP contribution >= 0.6 is 11.6 Å². The smallest absolute Gasteiger partial charge is 0.421 e. The largest absolute Gasteiger partial charge is 0.443 e. The molecular weight excluding hydrogens is 254 g/mol. The highest BCUT2D eigenvalue weighted by Crippen LogP contribution is 2.32. The lowest BCUT2D eigenvalue weighted by atomic mass is 10.2. The van der Waals surface area contributed by atoms with Crippen molar-refractivity contribution in [2.45, 2.75) is 32.8 Å². The average molecular weight is 268 g/mol. The van der Waals surface area contributed by atoms with Crippen LogP contribution in [0.1, 0.15) is 26.3 Å². The van der Waals surface area contributed by atoms with E-state index in [-0.39, 0.29) is 12.3 Å². The number of ether oxygens (including phenoxy) is 1. The number of rotatable bonds is 0. The molecule has 0 spiro atoms. The first-order chi connectivity index (χ1) is 8.28. The van der Waals surface area contributed by atoms with Gasteiger partial charge in [-0.25, -0.2) is 9.69 Å². The maximum Gasteiger partial charge on any atom is 0.421 e. The number of hydrogen-bond donors (Lipinski definition) is 0. The van der Waals surface area contributed by atoms with Crippen LogP contribution in [0.25, 0.3) is 0 Å². The molecule has 0 unspecified atom stereocenters. The van der Waals surface area contributed by atoms with E-state index >= 15 is 0 Å². The number of imide groups is 1. The van der Waals surface area contributed by atoms with Crippen molar-refractivity contribution in [1.82, 2.24) is 0 Å². The van der Waals surface area contributed by atoms with E-state index in [1.807, 2.05) is 0 Å². The van der Waals surface area contributed by atoms with Crippen LogP contribution < -0.4 is 4.90 Å². The Morgan fingerprint density at radius 1 is 1.39 bits per heavy atom. The van der Waals surface area contributed by atoms with Gasteiger partial charge in [0.2, 0.25) is 5.91 Å². The minimum Gasteiger partial charge on any atom is -0.443 e. The van der Waals surface area contributed by atoms with Gasteiger partial charge < -0.3 is 4.74 Å². The van der Waals surface area contributed by atoms with E-state index in [9.17, 15) is 9.59 Å². The summed E-state index contributed by atoms with van der Waals surface area (Å²) in [6.45, 7) is 5.26. The molecule has 1 heterocycles. The van der Waals surface area contributed by atoms with Crippen molar-refractivity contribution in [3.05, 3.63) is 28.8 Å². The van der Waals surface area contributed by atoms with Crippen molar-refractivity contribution in [2.75, 3.05) is 4.90 Å². The van der Waals surface area contributed by atoms with E-state index in [2.05, 4.69) is 0 Å². The molecule has 4 nitrogen and oxygen atoms in total. The summed E-state index contributed by atoms with van der Waals surface area (Å²) in [5.41, 5.74) is 0.663. The lowest BCUT2D eigenvalue weighted by Crippen LogP contribution is -2.38. The molecule has 0 aromatic heterocycles. The van der Waals surface area contributed by atoms with Crippen LogP contribution in [-0.4, -0.2) is 17.6 Å². The summed E-state index contributed by atoms with van der Waals surface area (Å²) in [6.07, 6.45) is -0.459. The van der Waals surface area contributed by atoms with E-state index in [1.54, 1.807) is 39.0 Å². The fourth-order valence-corrected chi connectivity index (χ4v) is 1.95. The monoisotopic (exact) mass is 267 g/mol. The van der Waals surface area contributed by atoms with Gasteiger partial charge in [-0.1, -0.05) is 17.7 Å². The van der Waals surface area contributed by atoms with Gasteiger partial charge in [-0.3, -0.25) is 4.79 Å². The molecule has 0 radical (unpaired) electrons. The van der Waals surface area contributed by atoms with Gasteiger partial charge in [0.25, 0.3) is 0 Å². The molecule has 2 amide bonds. The van der Waals surface area contributed by atoms with Crippen molar-refractivity contribution in [3.8, 4) is 0 Å². The molecule has 0 N–H and O–H groups in total. The Kier molecular flexibility index (Phi) is 3.07. The highest BCUT2D eigenvalue weighted by molar-refractivity contribution is 6.31. The first-order valence-corrected chi connectivity index (χ1v) is 6.00. The predicted molar refractivity (Wildman–Crippen MR) is 68.9 cm³/mol. The van der Waals surface area contributed by atoms with Crippen molar-refractivity contribution < 1.29 is 14.3 Å². The molecule has 5 heteroatoms. The van der Waals surface area contributed by atoms with Crippen LogP contribution in [0.5, 0.6) is 0 Å². The van der Waals surface area contributed by atoms with Gasteiger partial charge in [0.05, 0.1) is 12.1 Å². The Bertz CT molecular complexity index is 519. The van der Waals surface area contributed by atoms with Crippen molar-refractivity contribution >= 4 is 29.3 Å². The van der Waals surface area contributed by atoms with Gasteiger partial charge in [-0.15, -0.1) is 0 Å². The van der Waals surface area contributed by atoms with E-state index in [0.29, 0.717) is 10.7 Å². The number of halogens is 1. The number of anilines is 1. The van der Waals surface area contributed by atoms with Gasteiger partial charge in [0.1, 0.15) is 5.60 Å². The zero-order valence-corrected chi connectivity index (χ0v) is 11.2. The molecular formula is C13H14ClNO3. The lowest BCUT2D eigenvalue weighted by molar-refractivity contribution is -0.117. The molecule has 0 saturated carbocycles. The van der Waals surface area contributed by atoms with Crippen LogP contribution in [0.15, 0.2) is 18.2 Å². The Morgan fingerprint density at radius 3 is 2.67 bits per heavy atom. The zero-order chi connectivity index (χ0) is 13.5. The fraction of sp³-hybridized carbons (Fsp3) is 0.385. The standard InChI is InChI=1S/C13H14ClNO3/c1-13(2,3)18-12(17)15-10-7-9(14)5-4-8(10)6-11(15)16/h4-5,7H,6H2,1-3H3. The van der Waals surface area contributed by atoms with Crippen molar-refractivity contribution in [3.63, 3.8) is 0 Å². The van der Waals surface area contributed by atoms with E-state index < -0.39 is 11.7 Å². The van der Waals surface area contributed by atoms with Crippen LogP contribution in [-0.2, 0) is 16.0 Å². The summed E-state index contributed by atoms with van der Waals surface area (Å²) in [6, 6.07) is 5.05. The Hall–Kier alpha value is -1.55. The molecule has 0 aliphatic carbocycles. The quantitative estimate of drug-likeness (QED) is 0.725. The number of carbonyl (C=O) groups is 2. The summed E-state index contributed by atoms with van der Waals surface area (Å²) >= 11 is 5.88. The number of carbonyl (C=O) groups excluding carboxylic acids is 2. The van der Waals surface area contributed by atoms with Crippen molar-refractivity contribution in [2.24, 2.45) is 0 Å². The number of fused-ring (bicyclic) bond motifs is 1. The van der Waals surface area contributed by atoms with Gasteiger partial charge in [0, 0.05) is 5.02 Å². The third kappa shape index (κ3) is 2.48. The van der Waals surface area contributed by atoms with Crippen LogP contribution in [0.4, 0.5) is 10.5 Å². The molecule has 18 heavy (non-hydrogen) atoms. The highest BCUT2D eigenvalue weighted by atomic mass is 35.5. The van der Waals surface area contributed by atoms with Crippen LogP contribution in [0.2, 0.25) is 5.02 Å². The molecule has 1 aliphatic heterocycles. The maximum atomic E-state index is 12.0. The predicted octanol–water partition coefficient (Wildman–Crippen LogP) is 3.16. The second-order valence-electron chi connectivity index (χ2n) is 5.16. The minimum absolute atomic E-state index is 0.200. The zero-order valence-electron chi connectivity index (χ0n) is 10.5. The van der Waals surface area contributed by atoms with E-state index in [1.165, 1.54) is 0 Å². The minimum atomic E-state index is -0.659. The van der Waals surface area contributed by atoms with Crippen LogP contribution in [0, 0.1) is 0 Å². The second kappa shape index (κ2) is 4.28. The molecule has 0 bridgehead atoms. The Labute approximate surface area is 110 Å². The molecule has 1 aromatic carbocycles.